The van der Waals surface area contributed by atoms with Crippen molar-refractivity contribution in [2.45, 2.75) is 37.1 Å². The highest BCUT2D eigenvalue weighted by molar-refractivity contribution is 7.89. The van der Waals surface area contributed by atoms with Crippen molar-refractivity contribution in [1.29, 1.82) is 0 Å². The molecule has 2 aliphatic rings. The Hall–Kier alpha value is -2.43. The van der Waals surface area contributed by atoms with Crippen LogP contribution < -0.4 is 0 Å². The second-order valence-electron chi connectivity index (χ2n) is 7.71. The van der Waals surface area contributed by atoms with Gasteiger partial charge in [0.1, 0.15) is 11.6 Å². The van der Waals surface area contributed by atoms with Crippen LogP contribution in [0.5, 0.6) is 0 Å². The lowest BCUT2D eigenvalue weighted by atomic mass is 10.0. The molecule has 0 unspecified atom stereocenters. The number of benzene rings is 1. The van der Waals surface area contributed by atoms with Gasteiger partial charge >= 0.3 is 0 Å². The maximum Gasteiger partial charge on any atom is 0.257 e. The molecule has 8 nitrogen and oxygen atoms in total. The van der Waals surface area contributed by atoms with Crippen LogP contribution in [0.1, 0.15) is 47.2 Å². The van der Waals surface area contributed by atoms with Crippen LogP contribution in [0.3, 0.4) is 0 Å². The number of halogens is 1. The first-order valence-corrected chi connectivity index (χ1v) is 11.8. The molecule has 0 N–H and O–H groups in total. The third-order valence-corrected chi connectivity index (χ3v) is 7.62. The number of morpholine rings is 1. The third-order valence-electron chi connectivity index (χ3n) is 5.70. The summed E-state index contributed by atoms with van der Waals surface area (Å²) in [6, 6.07) is 4.28. The molecule has 0 aliphatic carbocycles. The second kappa shape index (κ2) is 8.97. The van der Waals surface area contributed by atoms with Crippen LogP contribution >= 0.6 is 0 Å². The van der Waals surface area contributed by atoms with E-state index in [1.807, 2.05) is 0 Å². The van der Waals surface area contributed by atoms with E-state index in [9.17, 15) is 17.6 Å². The number of sulfonamides is 1. The molecular weight excluding hydrogens is 423 g/mol. The summed E-state index contributed by atoms with van der Waals surface area (Å²) in [6.07, 6.45) is 3.64. The van der Waals surface area contributed by atoms with E-state index in [-0.39, 0.29) is 10.8 Å². The number of amides is 1. The number of carbonyl (C=O) groups excluding carboxylic acids is 1. The predicted molar refractivity (Wildman–Crippen MR) is 110 cm³/mol. The Bertz CT molecular complexity index is 1060. The number of hydrogen-bond acceptors (Lipinski definition) is 6. The molecule has 0 saturated carbocycles. The van der Waals surface area contributed by atoms with E-state index in [0.717, 1.165) is 25.0 Å². The summed E-state index contributed by atoms with van der Waals surface area (Å²) in [5, 5.41) is 0. The molecule has 31 heavy (non-hydrogen) atoms. The number of ether oxygens (including phenoxy) is 1. The van der Waals surface area contributed by atoms with E-state index in [1.165, 1.54) is 22.6 Å². The van der Waals surface area contributed by atoms with Crippen molar-refractivity contribution in [2.75, 3.05) is 32.8 Å². The molecule has 0 bridgehead atoms. The van der Waals surface area contributed by atoms with Gasteiger partial charge in [-0.3, -0.25) is 4.79 Å². The minimum Gasteiger partial charge on any atom is -0.378 e. The van der Waals surface area contributed by atoms with E-state index in [2.05, 4.69) is 9.97 Å². The van der Waals surface area contributed by atoms with Gasteiger partial charge in [-0.1, -0.05) is 6.42 Å². The number of nitrogens with zero attached hydrogens (tertiary/aromatic N) is 4. The van der Waals surface area contributed by atoms with Gasteiger partial charge in [-0.25, -0.2) is 22.8 Å². The first-order chi connectivity index (χ1) is 14.9. The molecule has 2 fully saturated rings. The van der Waals surface area contributed by atoms with Crippen molar-refractivity contribution in [3.05, 3.63) is 53.4 Å². The molecule has 10 heteroatoms. The van der Waals surface area contributed by atoms with Gasteiger partial charge in [0.05, 0.1) is 35.4 Å². The average Bonchev–Trinajstić information content (AvgIpc) is 2.79. The zero-order chi connectivity index (χ0) is 22.0. The average molecular weight is 449 g/mol. The van der Waals surface area contributed by atoms with E-state index < -0.39 is 21.9 Å². The first kappa shape index (κ1) is 21.8. The number of rotatable bonds is 4. The van der Waals surface area contributed by atoms with E-state index in [1.54, 1.807) is 11.8 Å². The van der Waals surface area contributed by atoms with Crippen molar-refractivity contribution >= 4 is 15.9 Å². The van der Waals surface area contributed by atoms with Gasteiger partial charge < -0.3 is 9.64 Å². The molecule has 3 heterocycles. The summed E-state index contributed by atoms with van der Waals surface area (Å²) in [5.41, 5.74) is 0.931. The van der Waals surface area contributed by atoms with Crippen LogP contribution in [-0.2, 0) is 14.8 Å². The Kier molecular flexibility index (Phi) is 6.31. The highest BCUT2D eigenvalue weighted by Gasteiger charge is 2.36. The van der Waals surface area contributed by atoms with E-state index in [0.29, 0.717) is 56.4 Å². The van der Waals surface area contributed by atoms with Gasteiger partial charge in [-0.2, -0.15) is 4.31 Å². The molecule has 2 aromatic rings. The summed E-state index contributed by atoms with van der Waals surface area (Å²) in [7, 11) is -3.83. The smallest absolute Gasteiger partial charge is 0.257 e. The zero-order valence-corrected chi connectivity index (χ0v) is 18.1. The topological polar surface area (TPSA) is 92.7 Å². The highest BCUT2D eigenvalue weighted by atomic mass is 32.2. The summed E-state index contributed by atoms with van der Waals surface area (Å²) < 4.78 is 46.4. The molecule has 1 atom stereocenters. The van der Waals surface area contributed by atoms with Crippen molar-refractivity contribution in [3.63, 3.8) is 0 Å². The van der Waals surface area contributed by atoms with Crippen LogP contribution in [0.15, 0.2) is 35.4 Å². The monoisotopic (exact) mass is 448 g/mol. The molecule has 1 amide bonds. The molecule has 1 aromatic heterocycles. The molecule has 4 rings (SSSR count). The van der Waals surface area contributed by atoms with Gasteiger partial charge in [0, 0.05) is 25.8 Å². The molecule has 2 saturated heterocycles. The highest BCUT2D eigenvalue weighted by Crippen LogP contribution is 2.34. The summed E-state index contributed by atoms with van der Waals surface area (Å²) in [5.74, 6) is -0.262. The molecule has 2 aliphatic heterocycles. The van der Waals surface area contributed by atoms with Crippen LogP contribution in [0.25, 0.3) is 0 Å². The molecule has 1 aromatic carbocycles. The van der Waals surface area contributed by atoms with E-state index >= 15 is 0 Å². The summed E-state index contributed by atoms with van der Waals surface area (Å²) in [6.45, 7) is 4.12. The molecular formula is C21H25FN4O4S. The van der Waals surface area contributed by atoms with Crippen LogP contribution in [0.4, 0.5) is 4.39 Å². The lowest BCUT2D eigenvalue weighted by Gasteiger charge is -2.34. The minimum atomic E-state index is -3.83. The molecule has 166 valence electrons. The second-order valence-corrected chi connectivity index (χ2v) is 9.60. The SMILES string of the molecule is Cc1nc([C@H]2CCCCN2S(=O)(=O)c2ccc(F)cc2)ncc1C(=O)N1CCOCC1. The first-order valence-electron chi connectivity index (χ1n) is 10.4. The number of carbonyl (C=O) groups is 1. The van der Waals surface area contributed by atoms with Crippen LogP contribution in [0.2, 0.25) is 0 Å². The Morgan fingerprint density at radius 3 is 2.52 bits per heavy atom. The van der Waals surface area contributed by atoms with Gasteiger partial charge in [0.25, 0.3) is 5.91 Å². The van der Waals surface area contributed by atoms with Gasteiger partial charge in [0.2, 0.25) is 10.0 Å². The van der Waals surface area contributed by atoms with Crippen LogP contribution in [0, 0.1) is 12.7 Å². The standard InChI is InChI=1S/C21H25FN4O4S/c1-15-18(21(27)25-10-12-30-13-11-25)14-23-20(24-15)19-4-2-3-9-26(19)31(28,29)17-7-5-16(22)6-8-17/h5-8,14,19H,2-4,9-13H2,1H3/t19-/m1/s1. The number of piperidine rings is 1. The van der Waals surface area contributed by atoms with Crippen molar-refractivity contribution in [1.82, 2.24) is 19.2 Å². The Morgan fingerprint density at radius 2 is 1.84 bits per heavy atom. The lowest BCUT2D eigenvalue weighted by molar-refractivity contribution is 0.0301. The zero-order valence-electron chi connectivity index (χ0n) is 17.3. The van der Waals surface area contributed by atoms with Crippen LogP contribution in [-0.4, -0.2) is 66.3 Å². The predicted octanol–water partition coefficient (Wildman–Crippen LogP) is 2.31. The third kappa shape index (κ3) is 4.46. The Morgan fingerprint density at radius 1 is 1.13 bits per heavy atom. The number of aryl methyl sites for hydroxylation is 1. The maximum atomic E-state index is 13.3. The fourth-order valence-electron chi connectivity index (χ4n) is 3.99. The fraction of sp³-hybridized carbons (Fsp3) is 0.476. The Labute approximate surface area is 181 Å². The van der Waals surface area contributed by atoms with E-state index in [4.69, 9.17) is 4.74 Å². The molecule has 0 radical (unpaired) electrons. The number of hydrogen-bond donors (Lipinski definition) is 0. The largest absolute Gasteiger partial charge is 0.378 e. The van der Waals surface area contributed by atoms with Gasteiger partial charge in [-0.05, 0) is 44.0 Å². The lowest BCUT2D eigenvalue weighted by Crippen LogP contribution is -2.41. The normalized spacial score (nSPS) is 20.6. The maximum absolute atomic E-state index is 13.3. The quantitative estimate of drug-likeness (QED) is 0.713. The van der Waals surface area contributed by atoms with Crippen molar-refractivity contribution in [3.8, 4) is 0 Å². The van der Waals surface area contributed by atoms with Crippen molar-refractivity contribution < 1.29 is 22.3 Å². The Balaban J connectivity index is 1.61. The van der Waals surface area contributed by atoms with Crippen molar-refractivity contribution in [2.24, 2.45) is 0 Å². The van der Waals surface area contributed by atoms with Gasteiger partial charge in [-0.15, -0.1) is 0 Å². The minimum absolute atomic E-state index is 0.0386. The molecule has 0 spiro atoms. The number of aromatic nitrogens is 2. The fourth-order valence-corrected chi connectivity index (χ4v) is 5.64. The summed E-state index contributed by atoms with van der Waals surface area (Å²) in [4.78, 5) is 23.5. The summed E-state index contributed by atoms with van der Waals surface area (Å²) >= 11 is 0. The van der Waals surface area contributed by atoms with Gasteiger partial charge in [0.15, 0.2) is 0 Å².